The molecule has 0 aromatic rings. The van der Waals surface area contributed by atoms with E-state index in [0.717, 1.165) is 12.8 Å². The van der Waals surface area contributed by atoms with Gasteiger partial charge in [-0.05, 0) is 18.8 Å². The standard InChI is InChI=1S/C26H40BrN3O5/c1-7-10-13-29(12-9-3)25(34)22-26-14-17(27)21(35-26)19(23(32)28(6)11-8-2)20(26)24(33)30(22)18(15-31)16(4)5/h8-9,16-22,31H,2-3,7,10-15H2,1,4-6H3/t17?,18-,19+,20-,21+,22?,26?/m0/s1. The molecule has 1 N–H and O–H groups in total. The van der Waals surface area contributed by atoms with Gasteiger partial charge in [0.05, 0.1) is 30.6 Å². The second-order valence-corrected chi connectivity index (χ2v) is 11.5. The number of aliphatic hydroxyl groups is 1. The summed E-state index contributed by atoms with van der Waals surface area (Å²) in [6.45, 7) is 14.4. The summed E-state index contributed by atoms with van der Waals surface area (Å²) in [5.74, 6) is -2.25. The zero-order chi connectivity index (χ0) is 26.1. The van der Waals surface area contributed by atoms with Gasteiger partial charge >= 0.3 is 0 Å². The molecule has 0 aromatic carbocycles. The first-order chi connectivity index (χ1) is 16.6. The number of nitrogens with zero attached hydrogens (tertiary/aromatic N) is 3. The van der Waals surface area contributed by atoms with Crippen molar-refractivity contribution in [3.8, 4) is 0 Å². The molecular weight excluding hydrogens is 514 g/mol. The number of hydrogen-bond donors (Lipinski definition) is 1. The number of rotatable bonds is 12. The molecule has 2 bridgehead atoms. The van der Waals surface area contributed by atoms with Crippen LogP contribution in [0, 0.1) is 17.8 Å². The van der Waals surface area contributed by atoms with Crippen molar-refractivity contribution >= 4 is 33.7 Å². The van der Waals surface area contributed by atoms with E-state index in [0.29, 0.717) is 26.1 Å². The van der Waals surface area contributed by atoms with E-state index in [2.05, 4.69) is 36.0 Å². The number of carbonyl (C=O) groups is 3. The average molecular weight is 555 g/mol. The van der Waals surface area contributed by atoms with Crippen molar-refractivity contribution in [3.63, 3.8) is 0 Å². The van der Waals surface area contributed by atoms with Crippen molar-refractivity contribution < 1.29 is 24.2 Å². The Balaban J connectivity index is 2.12. The molecule has 3 unspecified atom stereocenters. The topological polar surface area (TPSA) is 90.4 Å². The molecule has 35 heavy (non-hydrogen) atoms. The number of alkyl halides is 1. The Morgan fingerprint density at radius 3 is 2.49 bits per heavy atom. The maximum Gasteiger partial charge on any atom is 0.248 e. The third-order valence-electron chi connectivity index (χ3n) is 7.78. The molecule has 0 radical (unpaired) electrons. The number of ether oxygens (including phenoxy) is 1. The molecule has 3 rings (SSSR count). The van der Waals surface area contributed by atoms with Crippen LogP contribution in [-0.2, 0) is 19.1 Å². The summed E-state index contributed by atoms with van der Waals surface area (Å²) in [7, 11) is 1.69. The van der Waals surface area contributed by atoms with Crippen LogP contribution < -0.4 is 0 Å². The van der Waals surface area contributed by atoms with E-state index in [1.54, 1.807) is 33.9 Å². The number of likely N-dealkylation sites (tertiary alicyclic amines) is 1. The van der Waals surface area contributed by atoms with E-state index in [9.17, 15) is 19.5 Å². The molecule has 3 heterocycles. The Bertz CT molecular complexity index is 851. The quantitative estimate of drug-likeness (QED) is 0.295. The van der Waals surface area contributed by atoms with Crippen LogP contribution in [-0.4, -0.2) is 99.4 Å². The number of amides is 3. The number of likely N-dealkylation sites (N-methyl/N-ethyl adjacent to an activating group) is 1. The van der Waals surface area contributed by atoms with Crippen molar-refractivity contribution in [1.29, 1.82) is 0 Å². The minimum atomic E-state index is -1.13. The highest BCUT2D eigenvalue weighted by molar-refractivity contribution is 9.09. The van der Waals surface area contributed by atoms with Gasteiger partial charge in [-0.2, -0.15) is 0 Å². The SMILES string of the molecule is C=CCN(C)C(=O)[C@H]1[C@@H]2OC3(CC2Br)C(C(=O)N(CC=C)CCCC)N([C@@H](CO)C(C)C)C(=O)[C@H]13. The highest BCUT2D eigenvalue weighted by Crippen LogP contribution is 2.61. The Hall–Kier alpha value is -1.71. The van der Waals surface area contributed by atoms with Crippen LogP contribution in [0.15, 0.2) is 25.3 Å². The zero-order valence-electron chi connectivity index (χ0n) is 21.4. The molecule has 7 atom stereocenters. The van der Waals surface area contributed by atoms with Crippen LogP contribution >= 0.6 is 15.9 Å². The van der Waals surface area contributed by atoms with Gasteiger partial charge in [0, 0.05) is 31.5 Å². The molecule has 9 heteroatoms. The van der Waals surface area contributed by atoms with Crippen LogP contribution in [0.1, 0.15) is 40.0 Å². The third-order valence-corrected chi connectivity index (χ3v) is 8.63. The molecule has 8 nitrogen and oxygen atoms in total. The molecule has 0 aromatic heterocycles. The van der Waals surface area contributed by atoms with Crippen molar-refractivity contribution in [2.24, 2.45) is 17.8 Å². The third kappa shape index (κ3) is 4.60. The summed E-state index contributed by atoms with van der Waals surface area (Å²) >= 11 is 3.70. The fourth-order valence-corrected chi connectivity index (χ4v) is 7.06. The number of aliphatic hydroxyl groups excluding tert-OH is 1. The van der Waals surface area contributed by atoms with Crippen molar-refractivity contribution in [3.05, 3.63) is 25.3 Å². The number of unbranched alkanes of at least 4 members (excludes halogenated alkanes) is 1. The lowest BCUT2D eigenvalue weighted by Crippen LogP contribution is -2.60. The van der Waals surface area contributed by atoms with Crippen LogP contribution in [0.2, 0.25) is 0 Å². The van der Waals surface area contributed by atoms with Gasteiger partial charge in [-0.3, -0.25) is 14.4 Å². The van der Waals surface area contributed by atoms with E-state index in [-0.39, 0.29) is 35.1 Å². The lowest BCUT2D eigenvalue weighted by atomic mass is 9.70. The lowest BCUT2D eigenvalue weighted by Gasteiger charge is -2.40. The van der Waals surface area contributed by atoms with Gasteiger partial charge in [0.2, 0.25) is 17.7 Å². The highest BCUT2D eigenvalue weighted by atomic mass is 79.9. The first kappa shape index (κ1) is 27.9. The molecular formula is C26H40BrN3O5. The Morgan fingerprint density at radius 2 is 1.94 bits per heavy atom. The number of halogens is 1. The molecule has 0 aliphatic carbocycles. The number of hydrogen-bond acceptors (Lipinski definition) is 5. The largest absolute Gasteiger partial charge is 0.394 e. The lowest BCUT2D eigenvalue weighted by molar-refractivity contribution is -0.152. The minimum absolute atomic E-state index is 0.0902. The van der Waals surface area contributed by atoms with E-state index < -0.39 is 35.6 Å². The molecule has 3 aliphatic rings. The maximum absolute atomic E-state index is 14.2. The van der Waals surface area contributed by atoms with Gasteiger partial charge < -0.3 is 24.5 Å². The molecule has 3 amide bonds. The first-order valence-electron chi connectivity index (χ1n) is 12.6. The summed E-state index contributed by atoms with van der Waals surface area (Å²) < 4.78 is 6.56. The van der Waals surface area contributed by atoms with Crippen molar-refractivity contribution in [1.82, 2.24) is 14.7 Å². The monoisotopic (exact) mass is 553 g/mol. The van der Waals surface area contributed by atoms with Crippen molar-refractivity contribution in [2.75, 3.05) is 33.3 Å². The first-order valence-corrected chi connectivity index (χ1v) is 13.5. The van der Waals surface area contributed by atoms with Gasteiger partial charge in [0.15, 0.2) is 0 Å². The highest BCUT2D eigenvalue weighted by Gasteiger charge is 2.77. The Morgan fingerprint density at radius 1 is 1.29 bits per heavy atom. The molecule has 1 spiro atoms. The van der Waals surface area contributed by atoms with Gasteiger partial charge in [0.25, 0.3) is 0 Å². The van der Waals surface area contributed by atoms with E-state index in [4.69, 9.17) is 4.74 Å². The molecule has 3 fully saturated rings. The minimum Gasteiger partial charge on any atom is -0.394 e. The second kappa shape index (κ2) is 11.1. The molecule has 3 aliphatic heterocycles. The number of carbonyl (C=O) groups excluding carboxylic acids is 3. The summed E-state index contributed by atoms with van der Waals surface area (Å²) in [5.41, 5.74) is -1.13. The van der Waals surface area contributed by atoms with Crippen LogP contribution in [0.25, 0.3) is 0 Å². The fraction of sp³-hybridized carbons (Fsp3) is 0.731. The van der Waals surface area contributed by atoms with Crippen molar-refractivity contribution in [2.45, 2.75) is 68.6 Å². The van der Waals surface area contributed by atoms with Crippen LogP contribution in [0.4, 0.5) is 0 Å². The Kier molecular flexibility index (Phi) is 8.86. The zero-order valence-corrected chi connectivity index (χ0v) is 22.9. The molecule has 3 saturated heterocycles. The van der Waals surface area contributed by atoms with E-state index >= 15 is 0 Å². The van der Waals surface area contributed by atoms with E-state index in [1.807, 2.05) is 13.8 Å². The molecule has 196 valence electrons. The van der Waals surface area contributed by atoms with Gasteiger partial charge in [0.1, 0.15) is 11.6 Å². The average Bonchev–Trinajstić information content (AvgIpc) is 3.40. The summed E-state index contributed by atoms with van der Waals surface area (Å²) in [6.07, 6.45) is 5.01. The maximum atomic E-state index is 14.2. The predicted molar refractivity (Wildman–Crippen MR) is 138 cm³/mol. The van der Waals surface area contributed by atoms with Gasteiger partial charge in [-0.1, -0.05) is 55.3 Å². The normalized spacial score (nSPS) is 32.0. The van der Waals surface area contributed by atoms with Crippen LogP contribution in [0.3, 0.4) is 0 Å². The van der Waals surface area contributed by atoms with Crippen LogP contribution in [0.5, 0.6) is 0 Å². The number of fused-ring (bicyclic) bond motifs is 1. The predicted octanol–water partition coefficient (Wildman–Crippen LogP) is 2.21. The summed E-state index contributed by atoms with van der Waals surface area (Å²) in [4.78, 5) is 46.5. The Labute approximate surface area is 217 Å². The fourth-order valence-electron chi connectivity index (χ4n) is 6.11. The van der Waals surface area contributed by atoms with Gasteiger partial charge in [-0.15, -0.1) is 13.2 Å². The summed E-state index contributed by atoms with van der Waals surface area (Å²) in [5, 5.41) is 10.3. The summed E-state index contributed by atoms with van der Waals surface area (Å²) in [6, 6.07) is -1.48. The molecule has 0 saturated carbocycles. The van der Waals surface area contributed by atoms with E-state index in [1.165, 1.54) is 0 Å². The smallest absolute Gasteiger partial charge is 0.248 e. The van der Waals surface area contributed by atoms with Gasteiger partial charge in [-0.25, -0.2) is 0 Å². The second-order valence-electron chi connectivity index (χ2n) is 10.3.